The van der Waals surface area contributed by atoms with Crippen molar-refractivity contribution < 1.29 is 4.79 Å². The van der Waals surface area contributed by atoms with E-state index in [1.54, 1.807) is 0 Å². The quantitative estimate of drug-likeness (QED) is 0.406. The Morgan fingerprint density at radius 3 is 2.44 bits per heavy atom. The summed E-state index contributed by atoms with van der Waals surface area (Å²) >= 11 is 0. The molecule has 9 heavy (non-hydrogen) atoms. The Morgan fingerprint density at radius 2 is 2.00 bits per heavy atom. The second-order valence-corrected chi connectivity index (χ2v) is 2.47. The number of nitrogens with zero attached hydrogens (tertiary/aromatic N) is 1. The Bertz CT molecular complexity index is 71.3. The lowest BCUT2D eigenvalue weighted by Gasteiger charge is -2.06. The van der Waals surface area contributed by atoms with Crippen LogP contribution in [0.25, 0.3) is 0 Å². The minimum atomic E-state index is 0.716. The molecule has 0 aliphatic carbocycles. The molecule has 0 rings (SSSR count). The maximum Gasteiger partial charge on any atom is 0.119 e. The van der Waals surface area contributed by atoms with E-state index in [0.29, 0.717) is 6.42 Å². The van der Waals surface area contributed by atoms with Gasteiger partial charge >= 0.3 is 0 Å². The molecular weight excluding hydrogens is 114 g/mol. The molecule has 0 saturated heterocycles. The highest BCUT2D eigenvalue weighted by atomic mass is 16.1. The first-order chi connectivity index (χ1) is 4.27. The predicted molar refractivity (Wildman–Crippen MR) is 38.5 cm³/mol. The fourth-order valence-corrected chi connectivity index (χ4v) is 0.656. The van der Waals surface area contributed by atoms with E-state index in [9.17, 15) is 4.79 Å². The minimum Gasteiger partial charge on any atom is -0.309 e. The number of aldehydes is 1. The third-order valence-electron chi connectivity index (χ3n) is 1.18. The average Bonchev–Trinajstić information content (AvgIpc) is 1.80. The van der Waals surface area contributed by atoms with E-state index < -0.39 is 0 Å². The Morgan fingerprint density at radius 1 is 1.33 bits per heavy atom. The number of hydrogen-bond acceptors (Lipinski definition) is 2. The van der Waals surface area contributed by atoms with Crippen LogP contribution >= 0.6 is 0 Å². The highest BCUT2D eigenvalue weighted by Gasteiger charge is 1.88. The van der Waals surface area contributed by atoms with Crippen LogP contribution in [0.5, 0.6) is 0 Å². The Balaban J connectivity index is 2.82. The van der Waals surface area contributed by atoms with Gasteiger partial charge < -0.3 is 9.69 Å². The summed E-state index contributed by atoms with van der Waals surface area (Å²) in [5.41, 5.74) is 0. The second-order valence-electron chi connectivity index (χ2n) is 2.47. The van der Waals surface area contributed by atoms with E-state index in [1.165, 1.54) is 0 Å². The van der Waals surface area contributed by atoms with Crippen LogP contribution in [0.15, 0.2) is 0 Å². The van der Waals surface area contributed by atoms with E-state index in [-0.39, 0.29) is 0 Å². The fourth-order valence-electron chi connectivity index (χ4n) is 0.656. The first-order valence-electron chi connectivity index (χ1n) is 3.35. The lowest BCUT2D eigenvalue weighted by atomic mass is 10.2. The summed E-state index contributed by atoms with van der Waals surface area (Å²) in [7, 11) is 4.09. The molecule has 0 bridgehead atoms. The molecule has 2 nitrogen and oxygen atoms in total. The van der Waals surface area contributed by atoms with Gasteiger partial charge in [-0.15, -0.1) is 0 Å². The summed E-state index contributed by atoms with van der Waals surface area (Å²) in [6, 6.07) is 0. The smallest absolute Gasteiger partial charge is 0.119 e. The van der Waals surface area contributed by atoms with E-state index in [1.807, 2.05) is 14.1 Å². The molecule has 54 valence electrons. The molecule has 0 saturated carbocycles. The lowest BCUT2D eigenvalue weighted by molar-refractivity contribution is -0.107. The topological polar surface area (TPSA) is 20.3 Å². The van der Waals surface area contributed by atoms with E-state index >= 15 is 0 Å². The predicted octanol–water partition coefficient (Wildman–Crippen LogP) is 0.917. The third-order valence-corrected chi connectivity index (χ3v) is 1.18. The van der Waals surface area contributed by atoms with Crippen LogP contribution in [0.3, 0.4) is 0 Å². The average molecular weight is 129 g/mol. The maximum atomic E-state index is 9.84. The van der Waals surface area contributed by atoms with Crippen LogP contribution in [0.1, 0.15) is 19.3 Å². The van der Waals surface area contributed by atoms with Crippen molar-refractivity contribution in [3.05, 3.63) is 0 Å². The first-order valence-corrected chi connectivity index (χ1v) is 3.35. The Labute approximate surface area is 56.9 Å². The summed E-state index contributed by atoms with van der Waals surface area (Å²) in [5.74, 6) is 0. The Kier molecular flexibility index (Phi) is 5.52. The van der Waals surface area contributed by atoms with Crippen molar-refractivity contribution in [1.82, 2.24) is 4.90 Å². The normalized spacial score (nSPS) is 10.1. The van der Waals surface area contributed by atoms with E-state index in [0.717, 1.165) is 25.7 Å². The fraction of sp³-hybridized carbons (Fsp3) is 0.857. The molecule has 0 atom stereocenters. The summed E-state index contributed by atoms with van der Waals surface area (Å²) in [4.78, 5) is 12.0. The lowest BCUT2D eigenvalue weighted by Crippen LogP contribution is -2.12. The van der Waals surface area contributed by atoms with Crippen molar-refractivity contribution in [3.63, 3.8) is 0 Å². The van der Waals surface area contributed by atoms with E-state index in [2.05, 4.69) is 4.90 Å². The summed E-state index contributed by atoms with van der Waals surface area (Å²) in [6.45, 7) is 1.09. The molecular formula is C7H15NO. The van der Waals surface area contributed by atoms with Crippen molar-refractivity contribution in [2.45, 2.75) is 19.3 Å². The third kappa shape index (κ3) is 7.63. The molecule has 0 aliphatic heterocycles. The SMILES string of the molecule is CN(C)CCCCC=O. The van der Waals surface area contributed by atoms with Gasteiger partial charge in [0.2, 0.25) is 0 Å². The van der Waals surface area contributed by atoms with Crippen LogP contribution < -0.4 is 0 Å². The molecule has 0 aromatic carbocycles. The van der Waals surface area contributed by atoms with Gasteiger partial charge in [-0.3, -0.25) is 0 Å². The monoisotopic (exact) mass is 129 g/mol. The molecule has 0 aromatic heterocycles. The highest BCUT2D eigenvalue weighted by Crippen LogP contribution is 1.92. The van der Waals surface area contributed by atoms with Gasteiger partial charge in [-0.25, -0.2) is 0 Å². The Hall–Kier alpha value is -0.370. The zero-order valence-electron chi connectivity index (χ0n) is 6.26. The maximum absolute atomic E-state index is 9.84. The first kappa shape index (κ1) is 8.63. The van der Waals surface area contributed by atoms with Crippen molar-refractivity contribution in [1.29, 1.82) is 0 Å². The number of carbonyl (C=O) groups is 1. The second kappa shape index (κ2) is 5.76. The number of rotatable bonds is 5. The molecule has 0 radical (unpaired) electrons. The molecule has 0 aromatic rings. The van der Waals surface area contributed by atoms with Crippen molar-refractivity contribution in [3.8, 4) is 0 Å². The van der Waals surface area contributed by atoms with Crippen LogP contribution in [-0.2, 0) is 4.79 Å². The van der Waals surface area contributed by atoms with Crippen LogP contribution in [0.2, 0.25) is 0 Å². The number of unbranched alkanes of at least 4 members (excludes halogenated alkanes) is 2. The van der Waals surface area contributed by atoms with Crippen molar-refractivity contribution in [2.75, 3.05) is 20.6 Å². The molecule has 0 spiro atoms. The van der Waals surface area contributed by atoms with Crippen molar-refractivity contribution >= 4 is 6.29 Å². The van der Waals surface area contributed by atoms with Gasteiger partial charge in [0.05, 0.1) is 0 Å². The standard InChI is InChI=1S/C7H15NO/c1-8(2)6-4-3-5-7-9/h7H,3-6H2,1-2H3. The molecule has 0 unspecified atom stereocenters. The van der Waals surface area contributed by atoms with Gasteiger partial charge in [0.15, 0.2) is 0 Å². The number of carbonyl (C=O) groups excluding carboxylic acids is 1. The molecule has 0 fully saturated rings. The molecule has 2 heteroatoms. The van der Waals surface area contributed by atoms with Gasteiger partial charge in [0, 0.05) is 6.42 Å². The van der Waals surface area contributed by atoms with Crippen LogP contribution in [0, 0.1) is 0 Å². The summed E-state index contributed by atoms with van der Waals surface area (Å²) in [6.07, 6.45) is 3.86. The van der Waals surface area contributed by atoms with Gasteiger partial charge in [-0.2, -0.15) is 0 Å². The summed E-state index contributed by atoms with van der Waals surface area (Å²) < 4.78 is 0. The van der Waals surface area contributed by atoms with Gasteiger partial charge in [0.1, 0.15) is 6.29 Å². The molecule has 0 heterocycles. The highest BCUT2D eigenvalue weighted by molar-refractivity contribution is 5.48. The largest absolute Gasteiger partial charge is 0.309 e. The van der Waals surface area contributed by atoms with Gasteiger partial charge in [-0.1, -0.05) is 0 Å². The van der Waals surface area contributed by atoms with Gasteiger partial charge in [-0.05, 0) is 33.5 Å². The van der Waals surface area contributed by atoms with Gasteiger partial charge in [0.25, 0.3) is 0 Å². The molecule has 0 amide bonds. The van der Waals surface area contributed by atoms with E-state index in [4.69, 9.17) is 0 Å². The molecule has 0 N–H and O–H groups in total. The number of hydrogen-bond donors (Lipinski definition) is 0. The van der Waals surface area contributed by atoms with Crippen LogP contribution in [0.4, 0.5) is 0 Å². The van der Waals surface area contributed by atoms with Crippen molar-refractivity contribution in [2.24, 2.45) is 0 Å². The van der Waals surface area contributed by atoms with Crippen LogP contribution in [-0.4, -0.2) is 31.8 Å². The summed E-state index contributed by atoms with van der Waals surface area (Å²) in [5, 5.41) is 0. The minimum absolute atomic E-state index is 0.716. The zero-order valence-corrected chi connectivity index (χ0v) is 6.26. The zero-order chi connectivity index (χ0) is 7.11. The molecule has 0 aliphatic rings.